The van der Waals surface area contributed by atoms with Gasteiger partial charge in [0.25, 0.3) is 0 Å². The van der Waals surface area contributed by atoms with E-state index in [9.17, 15) is 5.11 Å². The van der Waals surface area contributed by atoms with E-state index in [2.05, 4.69) is 36.1 Å². The molecule has 94 valence electrons. The van der Waals surface area contributed by atoms with Gasteiger partial charge in [0.2, 0.25) is 0 Å². The Labute approximate surface area is 104 Å². The van der Waals surface area contributed by atoms with Gasteiger partial charge < -0.3 is 5.11 Å². The number of aliphatic hydroxyl groups excluding tert-OH is 1. The van der Waals surface area contributed by atoms with Crippen molar-refractivity contribution >= 4 is 0 Å². The van der Waals surface area contributed by atoms with E-state index in [1.807, 2.05) is 0 Å². The van der Waals surface area contributed by atoms with E-state index in [0.717, 1.165) is 19.5 Å². The smallest absolute Gasteiger partial charge is 0.0628 e. The molecule has 1 atom stereocenters. The van der Waals surface area contributed by atoms with Crippen LogP contribution in [0.2, 0.25) is 0 Å². The van der Waals surface area contributed by atoms with Gasteiger partial charge in [-0.05, 0) is 43.5 Å². The molecule has 0 aliphatic carbocycles. The van der Waals surface area contributed by atoms with Crippen LogP contribution in [-0.4, -0.2) is 29.7 Å². The van der Waals surface area contributed by atoms with Gasteiger partial charge in [0.1, 0.15) is 0 Å². The summed E-state index contributed by atoms with van der Waals surface area (Å²) in [6.45, 7) is 4.69. The Morgan fingerprint density at radius 2 is 1.82 bits per heavy atom. The first-order valence-corrected chi connectivity index (χ1v) is 6.79. The van der Waals surface area contributed by atoms with Crippen molar-refractivity contribution in [3.63, 3.8) is 0 Å². The molecule has 1 aromatic carbocycles. The molecule has 2 rings (SSSR count). The van der Waals surface area contributed by atoms with Crippen molar-refractivity contribution in [2.75, 3.05) is 19.7 Å². The van der Waals surface area contributed by atoms with Crippen molar-refractivity contribution in [2.24, 2.45) is 0 Å². The summed E-state index contributed by atoms with van der Waals surface area (Å²) in [7, 11) is 0. The Morgan fingerprint density at radius 1 is 1.18 bits per heavy atom. The van der Waals surface area contributed by atoms with Crippen LogP contribution in [0, 0.1) is 0 Å². The molecule has 1 fully saturated rings. The minimum Gasteiger partial charge on any atom is -0.394 e. The molecule has 1 saturated heterocycles. The molecule has 0 aromatic heterocycles. The number of rotatable bonds is 5. The average Bonchev–Trinajstić information content (AvgIpc) is 2.86. The van der Waals surface area contributed by atoms with E-state index in [4.69, 9.17) is 0 Å². The number of hydrogen-bond donors (Lipinski definition) is 1. The molecule has 1 aliphatic heterocycles. The van der Waals surface area contributed by atoms with Gasteiger partial charge in [-0.25, -0.2) is 0 Å². The van der Waals surface area contributed by atoms with Gasteiger partial charge in [0.15, 0.2) is 0 Å². The molecule has 0 bridgehead atoms. The summed E-state index contributed by atoms with van der Waals surface area (Å²) < 4.78 is 0. The van der Waals surface area contributed by atoms with Crippen LogP contribution in [-0.2, 0) is 6.42 Å². The third-order valence-electron chi connectivity index (χ3n) is 3.66. The molecule has 1 N–H and O–H groups in total. The second-order valence-corrected chi connectivity index (χ2v) is 4.93. The summed E-state index contributed by atoms with van der Waals surface area (Å²) in [4.78, 5) is 2.40. The normalized spacial score (nSPS) is 18.5. The molecule has 17 heavy (non-hydrogen) atoms. The minimum absolute atomic E-state index is 0.202. The Bertz CT molecular complexity index is 327. The second kappa shape index (κ2) is 6.18. The van der Waals surface area contributed by atoms with Crippen LogP contribution in [0.15, 0.2) is 24.3 Å². The SMILES string of the molecule is CCCc1ccc(C(CO)N2CCCC2)cc1. The molecule has 1 aliphatic rings. The van der Waals surface area contributed by atoms with Crippen LogP contribution in [0.5, 0.6) is 0 Å². The summed E-state index contributed by atoms with van der Waals surface area (Å²) in [6.07, 6.45) is 4.87. The van der Waals surface area contributed by atoms with Crippen molar-refractivity contribution in [1.82, 2.24) is 4.90 Å². The fraction of sp³-hybridized carbons (Fsp3) is 0.600. The number of benzene rings is 1. The number of aryl methyl sites for hydroxylation is 1. The molecular weight excluding hydrogens is 210 g/mol. The van der Waals surface area contributed by atoms with Crippen LogP contribution in [0.1, 0.15) is 43.4 Å². The van der Waals surface area contributed by atoms with Crippen molar-refractivity contribution in [3.05, 3.63) is 35.4 Å². The predicted octanol–water partition coefficient (Wildman–Crippen LogP) is 2.77. The summed E-state index contributed by atoms with van der Waals surface area (Å²) in [5.74, 6) is 0. The van der Waals surface area contributed by atoms with E-state index in [0.29, 0.717) is 0 Å². The predicted molar refractivity (Wildman–Crippen MR) is 71.1 cm³/mol. The zero-order valence-electron chi connectivity index (χ0n) is 10.7. The molecular formula is C15H23NO. The standard InChI is InChI=1S/C15H23NO/c1-2-5-13-6-8-14(9-7-13)15(12-17)16-10-3-4-11-16/h6-9,15,17H,2-5,10-12H2,1H3. The van der Waals surface area contributed by atoms with Crippen molar-refractivity contribution in [3.8, 4) is 0 Å². The summed E-state index contributed by atoms with van der Waals surface area (Å²) >= 11 is 0. The molecule has 0 amide bonds. The first kappa shape index (κ1) is 12.6. The molecule has 0 radical (unpaired) electrons. The monoisotopic (exact) mass is 233 g/mol. The molecule has 0 saturated carbocycles. The lowest BCUT2D eigenvalue weighted by Crippen LogP contribution is -2.28. The van der Waals surface area contributed by atoms with Gasteiger partial charge in [0.05, 0.1) is 12.6 Å². The number of hydrogen-bond acceptors (Lipinski definition) is 2. The Balaban J connectivity index is 2.07. The van der Waals surface area contributed by atoms with E-state index in [1.165, 1.54) is 30.4 Å². The number of aliphatic hydroxyl groups is 1. The second-order valence-electron chi connectivity index (χ2n) is 4.93. The van der Waals surface area contributed by atoms with Crippen LogP contribution in [0.4, 0.5) is 0 Å². The van der Waals surface area contributed by atoms with E-state index < -0.39 is 0 Å². The highest BCUT2D eigenvalue weighted by Crippen LogP contribution is 2.24. The molecule has 2 nitrogen and oxygen atoms in total. The zero-order valence-corrected chi connectivity index (χ0v) is 10.7. The molecule has 0 spiro atoms. The third kappa shape index (κ3) is 3.08. The maximum absolute atomic E-state index is 9.57. The van der Waals surface area contributed by atoms with Crippen molar-refractivity contribution < 1.29 is 5.11 Å². The molecule has 1 aromatic rings. The lowest BCUT2D eigenvalue weighted by atomic mass is 10.0. The van der Waals surface area contributed by atoms with E-state index in [-0.39, 0.29) is 12.6 Å². The Kier molecular flexibility index (Phi) is 4.57. The third-order valence-corrected chi connectivity index (χ3v) is 3.66. The summed E-state index contributed by atoms with van der Waals surface area (Å²) in [5.41, 5.74) is 2.66. The Morgan fingerprint density at radius 3 is 2.35 bits per heavy atom. The van der Waals surface area contributed by atoms with Crippen LogP contribution in [0.25, 0.3) is 0 Å². The van der Waals surface area contributed by atoms with Crippen LogP contribution >= 0.6 is 0 Å². The summed E-state index contributed by atoms with van der Waals surface area (Å²) in [5, 5.41) is 9.57. The lowest BCUT2D eigenvalue weighted by Gasteiger charge is -2.26. The average molecular weight is 233 g/mol. The van der Waals surface area contributed by atoms with Gasteiger partial charge in [-0.3, -0.25) is 4.90 Å². The Hall–Kier alpha value is -0.860. The first-order chi connectivity index (χ1) is 8.35. The van der Waals surface area contributed by atoms with Crippen molar-refractivity contribution in [1.29, 1.82) is 0 Å². The van der Waals surface area contributed by atoms with Crippen LogP contribution < -0.4 is 0 Å². The fourth-order valence-corrected chi connectivity index (χ4v) is 2.68. The van der Waals surface area contributed by atoms with Gasteiger partial charge >= 0.3 is 0 Å². The molecule has 2 heteroatoms. The van der Waals surface area contributed by atoms with E-state index >= 15 is 0 Å². The summed E-state index contributed by atoms with van der Waals surface area (Å²) in [6, 6.07) is 8.98. The number of likely N-dealkylation sites (tertiary alicyclic amines) is 1. The van der Waals surface area contributed by atoms with Gasteiger partial charge in [-0.1, -0.05) is 37.6 Å². The maximum Gasteiger partial charge on any atom is 0.0628 e. The fourth-order valence-electron chi connectivity index (χ4n) is 2.68. The molecule has 1 heterocycles. The zero-order chi connectivity index (χ0) is 12.1. The number of nitrogens with zero attached hydrogens (tertiary/aromatic N) is 1. The lowest BCUT2D eigenvalue weighted by molar-refractivity contribution is 0.147. The highest BCUT2D eigenvalue weighted by molar-refractivity contribution is 5.25. The van der Waals surface area contributed by atoms with Crippen molar-refractivity contribution in [2.45, 2.75) is 38.6 Å². The maximum atomic E-state index is 9.57. The quantitative estimate of drug-likeness (QED) is 0.845. The van der Waals surface area contributed by atoms with Gasteiger partial charge in [-0.15, -0.1) is 0 Å². The molecule has 1 unspecified atom stereocenters. The van der Waals surface area contributed by atoms with Gasteiger partial charge in [0, 0.05) is 0 Å². The van der Waals surface area contributed by atoms with E-state index in [1.54, 1.807) is 0 Å². The van der Waals surface area contributed by atoms with Crippen LogP contribution in [0.3, 0.4) is 0 Å². The largest absolute Gasteiger partial charge is 0.394 e. The highest BCUT2D eigenvalue weighted by atomic mass is 16.3. The topological polar surface area (TPSA) is 23.5 Å². The first-order valence-electron chi connectivity index (χ1n) is 6.79. The highest BCUT2D eigenvalue weighted by Gasteiger charge is 2.22. The minimum atomic E-state index is 0.202. The van der Waals surface area contributed by atoms with Gasteiger partial charge in [-0.2, -0.15) is 0 Å².